The number of nitrogens with one attached hydrogen (secondary N) is 2. The van der Waals surface area contributed by atoms with E-state index in [2.05, 4.69) is 5.32 Å². The highest BCUT2D eigenvalue weighted by Crippen LogP contribution is 2.27. The van der Waals surface area contributed by atoms with Crippen molar-refractivity contribution in [2.75, 3.05) is 19.0 Å². The number of hydrogen-bond donors (Lipinski definition) is 2. The van der Waals surface area contributed by atoms with E-state index in [-0.39, 0.29) is 23.6 Å². The van der Waals surface area contributed by atoms with Crippen LogP contribution in [0.4, 0.5) is 18.9 Å². The summed E-state index contributed by atoms with van der Waals surface area (Å²) in [7, 11) is 1.49. The zero-order valence-corrected chi connectivity index (χ0v) is 15.3. The molecule has 2 amide bonds. The van der Waals surface area contributed by atoms with Gasteiger partial charge in [0.15, 0.2) is 5.76 Å². The minimum Gasteiger partial charge on any atom is -0.451 e. The van der Waals surface area contributed by atoms with E-state index >= 15 is 0 Å². The Hall–Kier alpha value is -3.33. The number of benzene rings is 2. The molecule has 1 aromatic heterocycles. The molecule has 2 N–H and O–H groups in total. The monoisotopic (exact) mass is 406 g/mol. The van der Waals surface area contributed by atoms with E-state index in [1.165, 1.54) is 31.4 Å². The zero-order chi connectivity index (χ0) is 21.0. The Morgan fingerprint density at radius 2 is 1.83 bits per heavy atom. The number of amides is 2. The lowest BCUT2D eigenvalue weighted by atomic mass is 10.1. The maximum atomic E-state index is 12.7. The molecule has 0 unspecified atom stereocenters. The van der Waals surface area contributed by atoms with Crippen LogP contribution in [0, 0.1) is 0 Å². The number of fused-ring (bicyclic) bond motifs is 1. The fourth-order valence-corrected chi connectivity index (χ4v) is 2.78. The van der Waals surface area contributed by atoms with E-state index in [9.17, 15) is 22.8 Å². The maximum Gasteiger partial charge on any atom is 0.405 e. The number of methoxy groups -OCH3 is 1. The van der Waals surface area contributed by atoms with Crippen LogP contribution in [0.1, 0.15) is 26.5 Å². The van der Waals surface area contributed by atoms with Crippen molar-refractivity contribution in [3.8, 4) is 0 Å². The molecule has 29 heavy (non-hydrogen) atoms. The molecule has 152 valence electrons. The summed E-state index contributed by atoms with van der Waals surface area (Å²) < 4.78 is 47.6. The molecule has 3 rings (SSSR count). The first-order valence-electron chi connectivity index (χ1n) is 8.54. The molecule has 0 aliphatic carbocycles. The second kappa shape index (κ2) is 8.36. The number of halogens is 3. The summed E-state index contributed by atoms with van der Waals surface area (Å²) in [5.74, 6) is -1.41. The summed E-state index contributed by atoms with van der Waals surface area (Å²) >= 11 is 0. The van der Waals surface area contributed by atoms with E-state index in [0.29, 0.717) is 11.1 Å². The minimum atomic E-state index is -4.51. The quantitative estimate of drug-likeness (QED) is 0.645. The third-order valence-corrected chi connectivity index (χ3v) is 4.03. The van der Waals surface area contributed by atoms with Gasteiger partial charge in [-0.1, -0.05) is 24.3 Å². The summed E-state index contributed by atoms with van der Waals surface area (Å²) in [6, 6.07) is 12.7. The highest BCUT2D eigenvalue weighted by Gasteiger charge is 2.28. The van der Waals surface area contributed by atoms with Crippen LogP contribution in [0.25, 0.3) is 11.0 Å². The van der Waals surface area contributed by atoms with Crippen molar-refractivity contribution in [2.24, 2.45) is 0 Å². The molecule has 6 nitrogen and oxygen atoms in total. The number of alkyl halides is 3. The van der Waals surface area contributed by atoms with Crippen LogP contribution in [0.15, 0.2) is 52.9 Å². The van der Waals surface area contributed by atoms with Gasteiger partial charge < -0.3 is 19.8 Å². The highest BCUT2D eigenvalue weighted by molar-refractivity contribution is 6.07. The first-order chi connectivity index (χ1) is 13.8. The molecule has 0 aliphatic heterocycles. The molecular formula is C20H17F3N2O4. The van der Waals surface area contributed by atoms with Crippen molar-refractivity contribution < 1.29 is 31.9 Å². The van der Waals surface area contributed by atoms with Crippen molar-refractivity contribution in [1.82, 2.24) is 5.32 Å². The molecule has 0 atom stereocenters. The van der Waals surface area contributed by atoms with Crippen molar-refractivity contribution in [2.45, 2.75) is 12.8 Å². The number of rotatable bonds is 6. The average Bonchev–Trinajstić information content (AvgIpc) is 3.05. The van der Waals surface area contributed by atoms with Gasteiger partial charge in [-0.05, 0) is 24.3 Å². The van der Waals surface area contributed by atoms with Crippen molar-refractivity contribution in [3.63, 3.8) is 0 Å². The molecule has 0 saturated carbocycles. The number of carbonyl (C=O) groups is 2. The standard InChI is InChI=1S/C20H17F3N2O4/c1-28-10-15-14-7-2-3-8-16(14)29-17(15)19(27)25-13-6-4-5-12(9-13)18(26)24-11-20(21,22)23/h2-9H,10-11H2,1H3,(H,24,26)(H,25,27). The second-order valence-corrected chi connectivity index (χ2v) is 6.17. The van der Waals surface area contributed by atoms with Gasteiger partial charge >= 0.3 is 6.18 Å². The fraction of sp³-hybridized carbons (Fsp3) is 0.200. The van der Waals surface area contributed by atoms with Crippen LogP contribution in [0.3, 0.4) is 0 Å². The van der Waals surface area contributed by atoms with E-state index in [1.807, 2.05) is 6.07 Å². The highest BCUT2D eigenvalue weighted by atomic mass is 19.4. The van der Waals surface area contributed by atoms with Gasteiger partial charge in [-0.3, -0.25) is 9.59 Å². The Labute approximate surface area is 163 Å². The second-order valence-electron chi connectivity index (χ2n) is 6.17. The smallest absolute Gasteiger partial charge is 0.405 e. The Kier molecular flexibility index (Phi) is 5.88. The topological polar surface area (TPSA) is 80.6 Å². The molecule has 0 aliphatic rings. The van der Waals surface area contributed by atoms with Gasteiger partial charge in [-0.15, -0.1) is 0 Å². The van der Waals surface area contributed by atoms with E-state index in [4.69, 9.17) is 9.15 Å². The molecule has 9 heteroatoms. The Morgan fingerprint density at radius 3 is 2.55 bits per heavy atom. The van der Waals surface area contributed by atoms with E-state index in [0.717, 1.165) is 5.39 Å². The Morgan fingerprint density at radius 1 is 1.07 bits per heavy atom. The van der Waals surface area contributed by atoms with Crippen LogP contribution in [0.2, 0.25) is 0 Å². The maximum absolute atomic E-state index is 12.7. The average molecular weight is 406 g/mol. The summed E-state index contributed by atoms with van der Waals surface area (Å²) in [5, 5.41) is 5.11. The summed E-state index contributed by atoms with van der Waals surface area (Å²) in [6.45, 7) is -1.29. The van der Waals surface area contributed by atoms with Gasteiger partial charge in [0.1, 0.15) is 12.1 Å². The van der Waals surface area contributed by atoms with Gasteiger partial charge in [-0.25, -0.2) is 0 Å². The fourth-order valence-electron chi connectivity index (χ4n) is 2.78. The first kappa shape index (κ1) is 20.4. The summed E-state index contributed by atoms with van der Waals surface area (Å²) in [5.41, 5.74) is 1.30. The molecule has 3 aromatic rings. The van der Waals surface area contributed by atoms with Crippen molar-refractivity contribution >= 4 is 28.5 Å². The lowest BCUT2D eigenvalue weighted by molar-refractivity contribution is -0.123. The van der Waals surface area contributed by atoms with Crippen molar-refractivity contribution in [1.29, 1.82) is 0 Å². The third kappa shape index (κ3) is 4.94. The van der Waals surface area contributed by atoms with Gasteiger partial charge in [0, 0.05) is 29.3 Å². The Bertz CT molecular complexity index is 1040. The summed E-state index contributed by atoms with van der Waals surface area (Å²) in [6.07, 6.45) is -4.51. The molecule has 0 fully saturated rings. The number of para-hydroxylation sites is 1. The number of hydrogen-bond acceptors (Lipinski definition) is 4. The predicted octanol–water partition coefficient (Wildman–Crippen LogP) is 4.12. The van der Waals surface area contributed by atoms with E-state index in [1.54, 1.807) is 23.5 Å². The first-order valence-corrected chi connectivity index (χ1v) is 8.54. The molecule has 0 spiro atoms. The van der Waals surface area contributed by atoms with E-state index < -0.39 is 24.5 Å². The van der Waals surface area contributed by atoms with Crippen LogP contribution >= 0.6 is 0 Å². The summed E-state index contributed by atoms with van der Waals surface area (Å²) in [4.78, 5) is 24.6. The molecule has 0 saturated heterocycles. The van der Waals surface area contributed by atoms with Crippen LogP contribution in [-0.2, 0) is 11.3 Å². The predicted molar refractivity (Wildman–Crippen MR) is 99.7 cm³/mol. The van der Waals surface area contributed by atoms with Gasteiger partial charge in [0.2, 0.25) is 0 Å². The molecule has 0 radical (unpaired) electrons. The number of furan rings is 1. The SMILES string of the molecule is COCc1c(C(=O)Nc2cccc(C(=O)NCC(F)(F)F)c2)oc2ccccc12. The largest absolute Gasteiger partial charge is 0.451 e. The Balaban J connectivity index is 1.80. The molecule has 1 heterocycles. The number of anilines is 1. The number of ether oxygens (including phenoxy) is 1. The minimum absolute atomic E-state index is 0.0197. The normalized spacial score (nSPS) is 11.4. The number of carbonyl (C=O) groups excluding carboxylic acids is 2. The van der Waals surface area contributed by atoms with Crippen LogP contribution < -0.4 is 10.6 Å². The third-order valence-electron chi connectivity index (χ3n) is 4.03. The van der Waals surface area contributed by atoms with Crippen LogP contribution in [0.5, 0.6) is 0 Å². The molecule has 0 bridgehead atoms. The molecule has 2 aromatic carbocycles. The van der Waals surface area contributed by atoms with Crippen LogP contribution in [-0.4, -0.2) is 31.6 Å². The van der Waals surface area contributed by atoms with Crippen molar-refractivity contribution in [3.05, 3.63) is 65.4 Å². The lowest BCUT2D eigenvalue weighted by Crippen LogP contribution is -2.33. The molecular weight excluding hydrogens is 389 g/mol. The lowest BCUT2D eigenvalue weighted by Gasteiger charge is -2.10. The van der Waals surface area contributed by atoms with Gasteiger partial charge in [-0.2, -0.15) is 13.2 Å². The van der Waals surface area contributed by atoms with Gasteiger partial charge in [0.05, 0.1) is 6.61 Å². The zero-order valence-electron chi connectivity index (χ0n) is 15.3. The van der Waals surface area contributed by atoms with Gasteiger partial charge in [0.25, 0.3) is 11.8 Å².